The van der Waals surface area contributed by atoms with Crippen molar-refractivity contribution in [1.29, 1.82) is 0 Å². The Bertz CT molecular complexity index is 500. The molecule has 1 heterocycles. The van der Waals surface area contributed by atoms with E-state index in [0.29, 0.717) is 6.54 Å². The third-order valence-electron chi connectivity index (χ3n) is 4.53. The van der Waals surface area contributed by atoms with Crippen molar-refractivity contribution in [2.24, 2.45) is 0 Å². The second-order valence-corrected chi connectivity index (χ2v) is 5.96. The van der Waals surface area contributed by atoms with Crippen LogP contribution in [-0.2, 0) is 11.2 Å². The molecular weight excluding hydrogens is 299 g/mol. The van der Waals surface area contributed by atoms with Crippen molar-refractivity contribution in [3.8, 4) is 0 Å². The number of halogens is 1. The van der Waals surface area contributed by atoms with Gasteiger partial charge >= 0.3 is 0 Å². The summed E-state index contributed by atoms with van der Waals surface area (Å²) in [5, 5.41) is 22.0. The van der Waals surface area contributed by atoms with Crippen molar-refractivity contribution in [3.63, 3.8) is 0 Å². The van der Waals surface area contributed by atoms with Crippen LogP contribution in [-0.4, -0.2) is 65.6 Å². The molecule has 5 nitrogen and oxygen atoms in total. The Morgan fingerprint density at radius 3 is 2.61 bits per heavy atom. The lowest BCUT2D eigenvalue weighted by molar-refractivity contribution is -0.122. The lowest BCUT2D eigenvalue weighted by Crippen LogP contribution is -2.43. The molecule has 1 aliphatic heterocycles. The van der Waals surface area contributed by atoms with E-state index in [0.717, 1.165) is 12.8 Å². The van der Waals surface area contributed by atoms with E-state index in [9.17, 15) is 19.4 Å². The van der Waals surface area contributed by atoms with E-state index < -0.39 is 24.4 Å². The molecule has 2 rings (SSSR count). The first-order valence-corrected chi connectivity index (χ1v) is 8.01. The molecule has 0 spiro atoms. The second-order valence-electron chi connectivity index (χ2n) is 5.96. The van der Waals surface area contributed by atoms with Gasteiger partial charge in [-0.15, -0.1) is 0 Å². The number of alkyl halides is 1. The Balaban J connectivity index is 2.00. The topological polar surface area (TPSA) is 72.8 Å². The van der Waals surface area contributed by atoms with E-state index in [2.05, 4.69) is 5.32 Å². The van der Waals surface area contributed by atoms with Crippen LogP contribution in [0, 0.1) is 0 Å². The summed E-state index contributed by atoms with van der Waals surface area (Å²) in [5.41, 5.74) is 1.19. The van der Waals surface area contributed by atoms with Gasteiger partial charge in [0.05, 0.1) is 18.7 Å². The van der Waals surface area contributed by atoms with Crippen molar-refractivity contribution in [2.75, 3.05) is 20.2 Å². The summed E-state index contributed by atoms with van der Waals surface area (Å²) in [6, 6.07) is 8.60. The summed E-state index contributed by atoms with van der Waals surface area (Å²) >= 11 is 0. The number of aliphatic hydroxyl groups is 2. The quantitative estimate of drug-likeness (QED) is 0.683. The van der Waals surface area contributed by atoms with Gasteiger partial charge in [0.1, 0.15) is 12.3 Å². The van der Waals surface area contributed by atoms with E-state index in [4.69, 9.17) is 0 Å². The number of likely N-dealkylation sites (tertiary alicyclic amines) is 1. The standard InChI is InChI=1S/C17H25FN2O3/c1-19-15(22)10-13-16(18)17(23)14(11-21)20(13)9-5-8-12-6-3-2-4-7-12/h2-4,6-7,13-14,16-17,21,23H,5,8-11H2,1H3,(H,19,22)/t13?,14-,16-,17-/m1/s1. The Kier molecular flexibility index (Phi) is 6.50. The molecule has 1 saturated heterocycles. The number of benzene rings is 1. The summed E-state index contributed by atoms with van der Waals surface area (Å²) in [4.78, 5) is 13.4. The minimum atomic E-state index is -1.53. The predicted octanol–water partition coefficient (Wildman–Crippen LogP) is 0.499. The van der Waals surface area contributed by atoms with E-state index in [1.165, 1.54) is 12.6 Å². The van der Waals surface area contributed by atoms with Gasteiger partial charge in [-0.05, 0) is 24.9 Å². The number of hydrogen-bond donors (Lipinski definition) is 3. The molecule has 1 fully saturated rings. The molecule has 1 unspecified atom stereocenters. The highest BCUT2D eigenvalue weighted by atomic mass is 19.1. The summed E-state index contributed by atoms with van der Waals surface area (Å²) in [7, 11) is 1.50. The number of nitrogens with one attached hydrogen (secondary N) is 1. The number of carbonyl (C=O) groups excluding carboxylic acids is 1. The van der Waals surface area contributed by atoms with Crippen LogP contribution < -0.4 is 5.32 Å². The van der Waals surface area contributed by atoms with Gasteiger partial charge in [-0.3, -0.25) is 9.69 Å². The molecule has 1 aliphatic rings. The van der Waals surface area contributed by atoms with Crippen LogP contribution in [0.5, 0.6) is 0 Å². The van der Waals surface area contributed by atoms with E-state index >= 15 is 0 Å². The maximum absolute atomic E-state index is 14.3. The van der Waals surface area contributed by atoms with E-state index in [1.54, 1.807) is 4.90 Å². The molecule has 128 valence electrons. The molecule has 4 atom stereocenters. The Hall–Kier alpha value is -1.50. The SMILES string of the molecule is CNC(=O)CC1[C@@H](F)[C@H](O)[C@@H](CO)N1CCCc1ccccc1. The lowest BCUT2D eigenvalue weighted by Gasteiger charge is -2.29. The van der Waals surface area contributed by atoms with Gasteiger partial charge in [-0.1, -0.05) is 30.3 Å². The van der Waals surface area contributed by atoms with Crippen LogP contribution in [0.15, 0.2) is 30.3 Å². The first kappa shape index (κ1) is 17.8. The molecule has 1 aromatic rings. The van der Waals surface area contributed by atoms with Crippen molar-refractivity contribution in [1.82, 2.24) is 10.2 Å². The molecule has 0 aliphatic carbocycles. The van der Waals surface area contributed by atoms with Gasteiger partial charge in [0.25, 0.3) is 0 Å². The molecule has 0 saturated carbocycles. The molecule has 0 bridgehead atoms. The number of rotatable bonds is 7. The molecule has 1 amide bonds. The van der Waals surface area contributed by atoms with E-state index in [1.807, 2.05) is 30.3 Å². The van der Waals surface area contributed by atoms with E-state index in [-0.39, 0.29) is 18.9 Å². The minimum absolute atomic E-state index is 0.0173. The smallest absolute Gasteiger partial charge is 0.221 e. The van der Waals surface area contributed by atoms with Crippen LogP contribution in [0.25, 0.3) is 0 Å². The molecule has 3 N–H and O–H groups in total. The number of aliphatic hydroxyl groups excluding tert-OH is 2. The van der Waals surface area contributed by atoms with Gasteiger partial charge < -0.3 is 15.5 Å². The van der Waals surface area contributed by atoms with Crippen LogP contribution >= 0.6 is 0 Å². The maximum Gasteiger partial charge on any atom is 0.221 e. The fraction of sp³-hybridized carbons (Fsp3) is 0.588. The summed E-state index contributed by atoms with van der Waals surface area (Å²) in [6.07, 6.45) is -1.21. The second kappa shape index (κ2) is 8.38. The number of amides is 1. The van der Waals surface area contributed by atoms with Gasteiger partial charge in [-0.25, -0.2) is 4.39 Å². The highest BCUT2D eigenvalue weighted by molar-refractivity contribution is 5.76. The lowest BCUT2D eigenvalue weighted by atomic mass is 10.1. The third kappa shape index (κ3) is 4.28. The Morgan fingerprint density at radius 1 is 1.30 bits per heavy atom. The normalized spacial score (nSPS) is 28.0. The van der Waals surface area contributed by atoms with Crippen molar-refractivity contribution < 1.29 is 19.4 Å². The molecular formula is C17H25FN2O3. The first-order chi connectivity index (χ1) is 11.1. The highest BCUT2D eigenvalue weighted by Crippen LogP contribution is 2.30. The zero-order chi connectivity index (χ0) is 16.8. The third-order valence-corrected chi connectivity index (χ3v) is 4.53. The number of nitrogens with zero attached hydrogens (tertiary/aromatic N) is 1. The predicted molar refractivity (Wildman–Crippen MR) is 85.7 cm³/mol. The fourth-order valence-corrected chi connectivity index (χ4v) is 3.24. The van der Waals surface area contributed by atoms with Crippen molar-refractivity contribution in [3.05, 3.63) is 35.9 Å². The summed E-state index contributed by atoms with van der Waals surface area (Å²) in [6.45, 7) is 0.205. The highest BCUT2D eigenvalue weighted by Gasteiger charge is 2.48. The van der Waals surface area contributed by atoms with Gasteiger partial charge in [-0.2, -0.15) is 0 Å². The average molecular weight is 324 g/mol. The summed E-state index contributed by atoms with van der Waals surface area (Å²) in [5.74, 6) is -0.267. The monoisotopic (exact) mass is 324 g/mol. The Labute approximate surface area is 136 Å². The molecule has 23 heavy (non-hydrogen) atoms. The van der Waals surface area contributed by atoms with Gasteiger partial charge in [0.2, 0.25) is 5.91 Å². The van der Waals surface area contributed by atoms with Crippen LogP contribution in [0.2, 0.25) is 0 Å². The van der Waals surface area contributed by atoms with Crippen LogP contribution in [0.4, 0.5) is 4.39 Å². The molecule has 6 heteroatoms. The van der Waals surface area contributed by atoms with Gasteiger partial charge in [0.15, 0.2) is 0 Å². The maximum atomic E-state index is 14.3. The van der Waals surface area contributed by atoms with Gasteiger partial charge in [0, 0.05) is 13.5 Å². The fourth-order valence-electron chi connectivity index (χ4n) is 3.24. The zero-order valence-electron chi connectivity index (χ0n) is 13.4. The number of carbonyl (C=O) groups is 1. The minimum Gasteiger partial charge on any atom is -0.395 e. The summed E-state index contributed by atoms with van der Waals surface area (Å²) < 4.78 is 14.3. The molecule has 0 aromatic heterocycles. The van der Waals surface area contributed by atoms with Crippen molar-refractivity contribution in [2.45, 2.75) is 43.6 Å². The average Bonchev–Trinajstić information content (AvgIpc) is 2.80. The largest absolute Gasteiger partial charge is 0.395 e. The van der Waals surface area contributed by atoms with Crippen LogP contribution in [0.3, 0.4) is 0 Å². The Morgan fingerprint density at radius 2 is 2.00 bits per heavy atom. The molecule has 1 aromatic carbocycles. The molecule has 0 radical (unpaired) electrons. The first-order valence-electron chi connectivity index (χ1n) is 8.01. The van der Waals surface area contributed by atoms with Crippen molar-refractivity contribution >= 4 is 5.91 Å². The number of aryl methyl sites for hydroxylation is 1. The zero-order valence-corrected chi connectivity index (χ0v) is 13.4. The number of hydrogen-bond acceptors (Lipinski definition) is 4. The van der Waals surface area contributed by atoms with Crippen LogP contribution in [0.1, 0.15) is 18.4 Å².